The molecule has 0 bridgehead atoms. The van der Waals surface area contributed by atoms with Crippen LogP contribution in [0.2, 0.25) is 0 Å². The van der Waals surface area contributed by atoms with Crippen molar-refractivity contribution in [2.45, 2.75) is 6.54 Å². The summed E-state index contributed by atoms with van der Waals surface area (Å²) in [6, 6.07) is 4.52. The van der Waals surface area contributed by atoms with Crippen LogP contribution >= 0.6 is 15.9 Å². The van der Waals surface area contributed by atoms with Crippen molar-refractivity contribution in [3.8, 4) is 0 Å². The summed E-state index contributed by atoms with van der Waals surface area (Å²) in [5, 5.41) is 13.6. The molecule has 0 saturated carbocycles. The van der Waals surface area contributed by atoms with Gasteiger partial charge >= 0.3 is 0 Å². The molecule has 0 fully saturated rings. The smallest absolute Gasteiger partial charge is 0.270 e. The number of hydrogen-bond acceptors (Lipinski definition) is 5. The summed E-state index contributed by atoms with van der Waals surface area (Å²) in [4.78, 5) is 13.9. The van der Waals surface area contributed by atoms with Crippen LogP contribution in [0.1, 0.15) is 5.76 Å². The first-order valence-corrected chi connectivity index (χ1v) is 5.51. The van der Waals surface area contributed by atoms with Crippen LogP contribution in [0, 0.1) is 10.1 Å². The minimum atomic E-state index is -0.439. The second-order valence-electron chi connectivity index (χ2n) is 3.24. The number of rotatable bonds is 4. The van der Waals surface area contributed by atoms with Crippen molar-refractivity contribution in [1.82, 2.24) is 4.98 Å². The van der Waals surface area contributed by atoms with Crippen molar-refractivity contribution in [3.05, 3.63) is 51.1 Å². The lowest BCUT2D eigenvalue weighted by Crippen LogP contribution is -1.99. The predicted molar refractivity (Wildman–Crippen MR) is 64.6 cm³/mol. The van der Waals surface area contributed by atoms with Gasteiger partial charge in [-0.1, -0.05) is 0 Å². The van der Waals surface area contributed by atoms with Gasteiger partial charge in [-0.25, -0.2) is 4.98 Å². The average molecular weight is 298 g/mol. The van der Waals surface area contributed by atoms with E-state index in [1.165, 1.54) is 18.5 Å². The maximum Gasteiger partial charge on any atom is 0.270 e. The number of hydrogen-bond donors (Lipinski definition) is 1. The van der Waals surface area contributed by atoms with Crippen LogP contribution in [0.5, 0.6) is 0 Å². The van der Waals surface area contributed by atoms with E-state index < -0.39 is 4.92 Å². The van der Waals surface area contributed by atoms with E-state index in [1.807, 2.05) is 0 Å². The first-order chi connectivity index (χ1) is 8.16. The van der Waals surface area contributed by atoms with Gasteiger partial charge in [-0.3, -0.25) is 10.1 Å². The molecule has 0 spiro atoms. The second-order valence-corrected chi connectivity index (χ2v) is 4.10. The molecule has 0 saturated heterocycles. The maximum atomic E-state index is 10.6. The van der Waals surface area contributed by atoms with Gasteiger partial charge in [-0.2, -0.15) is 0 Å². The first-order valence-electron chi connectivity index (χ1n) is 4.72. The zero-order chi connectivity index (χ0) is 12.3. The van der Waals surface area contributed by atoms with E-state index >= 15 is 0 Å². The van der Waals surface area contributed by atoms with Gasteiger partial charge < -0.3 is 9.73 Å². The minimum Gasteiger partial charge on any atom is -0.447 e. The number of aromatic nitrogens is 1. The van der Waals surface area contributed by atoms with Gasteiger partial charge in [0.05, 0.1) is 17.7 Å². The number of nitrogens with one attached hydrogen (secondary N) is 1. The van der Waals surface area contributed by atoms with E-state index in [-0.39, 0.29) is 5.69 Å². The summed E-state index contributed by atoms with van der Waals surface area (Å²) in [6.45, 7) is 0.469. The number of benzene rings is 1. The highest BCUT2D eigenvalue weighted by molar-refractivity contribution is 9.10. The molecule has 0 aliphatic heterocycles. The van der Waals surface area contributed by atoms with E-state index in [9.17, 15) is 10.1 Å². The lowest BCUT2D eigenvalue weighted by Gasteiger charge is -2.06. The Morgan fingerprint density at radius 2 is 2.35 bits per heavy atom. The lowest BCUT2D eigenvalue weighted by molar-refractivity contribution is -0.384. The number of nitro benzene ring substituents is 1. The number of nitro groups is 1. The van der Waals surface area contributed by atoms with Crippen molar-refractivity contribution in [3.63, 3.8) is 0 Å². The van der Waals surface area contributed by atoms with Crippen LogP contribution in [-0.2, 0) is 6.54 Å². The molecule has 1 aromatic carbocycles. The Balaban J connectivity index is 2.09. The fraction of sp³-hybridized carbons (Fsp3) is 0.100. The summed E-state index contributed by atoms with van der Waals surface area (Å²) in [5.41, 5.74) is 0.800. The van der Waals surface area contributed by atoms with E-state index in [4.69, 9.17) is 4.42 Å². The number of halogens is 1. The minimum absolute atomic E-state index is 0.0436. The lowest BCUT2D eigenvalue weighted by atomic mass is 10.3. The summed E-state index contributed by atoms with van der Waals surface area (Å²) in [5.74, 6) is 0.690. The highest BCUT2D eigenvalue weighted by Crippen LogP contribution is 2.27. The quantitative estimate of drug-likeness (QED) is 0.693. The number of non-ortho nitro benzene ring substituents is 1. The van der Waals surface area contributed by atoms with Crippen molar-refractivity contribution >= 4 is 27.3 Å². The molecule has 0 aliphatic carbocycles. The molecule has 0 radical (unpaired) electrons. The number of oxazole rings is 1. The van der Waals surface area contributed by atoms with Crippen LogP contribution in [0.15, 0.2) is 39.7 Å². The highest BCUT2D eigenvalue weighted by Gasteiger charge is 2.09. The molecule has 1 aromatic heterocycles. The van der Waals surface area contributed by atoms with Gasteiger partial charge in [0.2, 0.25) is 0 Å². The first kappa shape index (κ1) is 11.6. The molecule has 2 aromatic rings. The van der Waals surface area contributed by atoms with Gasteiger partial charge in [0.15, 0.2) is 6.39 Å². The Bertz CT molecular complexity index is 528. The zero-order valence-corrected chi connectivity index (χ0v) is 10.2. The van der Waals surface area contributed by atoms with E-state index in [1.54, 1.807) is 12.3 Å². The molecule has 1 N–H and O–H groups in total. The zero-order valence-electron chi connectivity index (χ0n) is 8.59. The van der Waals surface area contributed by atoms with Gasteiger partial charge in [-0.15, -0.1) is 0 Å². The summed E-state index contributed by atoms with van der Waals surface area (Å²) in [7, 11) is 0. The second kappa shape index (κ2) is 4.96. The molecule has 0 unspecified atom stereocenters. The van der Waals surface area contributed by atoms with Crippen LogP contribution in [0.25, 0.3) is 0 Å². The summed E-state index contributed by atoms with van der Waals surface area (Å²) >= 11 is 3.27. The van der Waals surface area contributed by atoms with Crippen molar-refractivity contribution in [2.24, 2.45) is 0 Å². The molecule has 0 amide bonds. The topological polar surface area (TPSA) is 81.2 Å². The highest BCUT2D eigenvalue weighted by atomic mass is 79.9. The Hall–Kier alpha value is -1.89. The van der Waals surface area contributed by atoms with Gasteiger partial charge in [0, 0.05) is 22.3 Å². The van der Waals surface area contributed by atoms with Gasteiger partial charge in [0.25, 0.3) is 5.69 Å². The molecule has 0 aliphatic rings. The van der Waals surface area contributed by atoms with Crippen LogP contribution < -0.4 is 5.32 Å². The Morgan fingerprint density at radius 1 is 1.53 bits per heavy atom. The Kier molecular flexibility index (Phi) is 3.38. The van der Waals surface area contributed by atoms with E-state index in [2.05, 4.69) is 26.2 Å². The monoisotopic (exact) mass is 297 g/mol. The Labute approximate surface area is 105 Å². The number of nitrogens with zero attached hydrogens (tertiary/aromatic N) is 2. The van der Waals surface area contributed by atoms with Crippen molar-refractivity contribution in [2.75, 3.05) is 5.32 Å². The van der Waals surface area contributed by atoms with E-state index in [0.717, 1.165) is 5.69 Å². The van der Waals surface area contributed by atoms with Crippen LogP contribution in [0.3, 0.4) is 0 Å². The largest absolute Gasteiger partial charge is 0.447 e. The normalized spacial score (nSPS) is 10.2. The third-order valence-corrected chi connectivity index (χ3v) is 2.76. The average Bonchev–Trinajstić information content (AvgIpc) is 2.80. The molecule has 6 nitrogen and oxygen atoms in total. The Morgan fingerprint density at radius 3 is 2.94 bits per heavy atom. The summed E-state index contributed by atoms with van der Waals surface area (Å²) in [6.07, 6.45) is 2.95. The molecule has 2 rings (SSSR count). The summed E-state index contributed by atoms with van der Waals surface area (Å²) < 4.78 is 5.69. The van der Waals surface area contributed by atoms with Crippen molar-refractivity contribution in [1.29, 1.82) is 0 Å². The maximum absolute atomic E-state index is 10.6. The molecule has 1 heterocycles. The molecular weight excluding hydrogens is 290 g/mol. The van der Waals surface area contributed by atoms with Crippen LogP contribution in [0.4, 0.5) is 11.4 Å². The van der Waals surface area contributed by atoms with Crippen molar-refractivity contribution < 1.29 is 9.34 Å². The fourth-order valence-corrected chi connectivity index (χ4v) is 1.78. The SMILES string of the molecule is O=[N+]([O-])c1ccc(NCc2cnco2)c(Br)c1. The molecule has 17 heavy (non-hydrogen) atoms. The van der Waals surface area contributed by atoms with Gasteiger partial charge in [-0.05, 0) is 22.0 Å². The predicted octanol–water partition coefficient (Wildman–Crippen LogP) is 2.96. The molecule has 0 atom stereocenters. The standard InChI is InChI=1S/C10H8BrN3O3/c11-9-3-7(14(15)16)1-2-10(9)13-5-8-4-12-6-17-8/h1-4,6,13H,5H2. The molecule has 7 heteroatoms. The molecular formula is C10H8BrN3O3. The van der Waals surface area contributed by atoms with Gasteiger partial charge in [0.1, 0.15) is 5.76 Å². The fourth-order valence-electron chi connectivity index (χ4n) is 1.27. The van der Waals surface area contributed by atoms with E-state index in [0.29, 0.717) is 16.8 Å². The number of anilines is 1. The third kappa shape index (κ3) is 2.82. The molecule has 88 valence electrons. The van der Waals surface area contributed by atoms with Crippen LogP contribution in [-0.4, -0.2) is 9.91 Å². The third-order valence-electron chi connectivity index (χ3n) is 2.10.